The number of aromatic nitrogens is 1. The molecule has 2 aromatic rings. The zero-order valence-electron chi connectivity index (χ0n) is 17.5. The van der Waals surface area contributed by atoms with Crippen molar-refractivity contribution < 1.29 is 14.3 Å². The van der Waals surface area contributed by atoms with Gasteiger partial charge in [-0.3, -0.25) is 4.79 Å². The number of ether oxygens (including phenoxy) is 2. The quantitative estimate of drug-likeness (QED) is 0.793. The van der Waals surface area contributed by atoms with Gasteiger partial charge in [-0.15, -0.1) is 0 Å². The fraction of sp³-hybridized carbons (Fsp3) is 0.478. The lowest BCUT2D eigenvalue weighted by Crippen LogP contribution is -2.39. The SMILES string of the molecule is COc1cc2c(cc1OC)CN(c1ccc(C(=O)N3CCCC(C)C3)cn1)CC2. The van der Waals surface area contributed by atoms with E-state index >= 15 is 0 Å². The molecule has 1 atom stereocenters. The van der Waals surface area contributed by atoms with Crippen LogP contribution in [-0.2, 0) is 13.0 Å². The summed E-state index contributed by atoms with van der Waals surface area (Å²) in [6.07, 6.45) is 4.93. The predicted octanol–water partition coefficient (Wildman–Crippen LogP) is 3.53. The van der Waals surface area contributed by atoms with Gasteiger partial charge < -0.3 is 19.3 Å². The molecule has 1 unspecified atom stereocenters. The smallest absolute Gasteiger partial charge is 0.255 e. The molecule has 0 bridgehead atoms. The van der Waals surface area contributed by atoms with Crippen LogP contribution >= 0.6 is 0 Å². The van der Waals surface area contributed by atoms with E-state index in [1.807, 2.05) is 17.0 Å². The number of rotatable bonds is 4. The van der Waals surface area contributed by atoms with Gasteiger partial charge in [0.05, 0.1) is 19.8 Å². The molecule has 0 N–H and O–H groups in total. The van der Waals surface area contributed by atoms with Gasteiger partial charge in [-0.05, 0) is 60.6 Å². The summed E-state index contributed by atoms with van der Waals surface area (Å²) in [6.45, 7) is 5.54. The molecule has 1 fully saturated rings. The van der Waals surface area contributed by atoms with Crippen LogP contribution in [0.2, 0.25) is 0 Å². The molecule has 0 spiro atoms. The van der Waals surface area contributed by atoms with E-state index in [2.05, 4.69) is 28.9 Å². The Morgan fingerprint density at radius 2 is 1.86 bits per heavy atom. The van der Waals surface area contributed by atoms with Crippen LogP contribution in [0.25, 0.3) is 0 Å². The first kappa shape index (κ1) is 19.6. The van der Waals surface area contributed by atoms with Gasteiger partial charge in [0, 0.05) is 32.4 Å². The second-order valence-corrected chi connectivity index (χ2v) is 8.05. The number of amides is 1. The lowest BCUT2D eigenvalue weighted by molar-refractivity contribution is 0.0682. The van der Waals surface area contributed by atoms with E-state index in [1.54, 1.807) is 20.4 Å². The topological polar surface area (TPSA) is 54.9 Å². The van der Waals surface area contributed by atoms with Gasteiger partial charge >= 0.3 is 0 Å². The van der Waals surface area contributed by atoms with Crippen LogP contribution in [0.5, 0.6) is 11.5 Å². The van der Waals surface area contributed by atoms with Crippen molar-refractivity contribution in [2.75, 3.05) is 38.8 Å². The number of carbonyl (C=O) groups excluding carboxylic acids is 1. The van der Waals surface area contributed by atoms with Gasteiger partial charge in [-0.25, -0.2) is 4.98 Å². The highest BCUT2D eigenvalue weighted by Crippen LogP contribution is 2.34. The van der Waals surface area contributed by atoms with Crippen molar-refractivity contribution in [2.24, 2.45) is 5.92 Å². The van der Waals surface area contributed by atoms with Crippen molar-refractivity contribution >= 4 is 11.7 Å². The first-order chi connectivity index (χ1) is 14.1. The highest BCUT2D eigenvalue weighted by molar-refractivity contribution is 5.94. The Morgan fingerprint density at radius 1 is 1.10 bits per heavy atom. The van der Waals surface area contributed by atoms with Gasteiger partial charge in [0.2, 0.25) is 0 Å². The molecule has 4 rings (SSSR count). The molecule has 1 saturated heterocycles. The summed E-state index contributed by atoms with van der Waals surface area (Å²) in [5, 5.41) is 0. The standard InChI is InChI=1S/C23H29N3O3/c1-16-5-4-9-26(14-16)23(27)18-6-7-22(24-13-18)25-10-8-17-11-20(28-2)21(29-3)12-19(17)15-25/h6-7,11-13,16H,4-5,8-10,14-15H2,1-3H3. The summed E-state index contributed by atoms with van der Waals surface area (Å²) in [4.78, 5) is 21.6. The maximum absolute atomic E-state index is 12.8. The molecule has 29 heavy (non-hydrogen) atoms. The Kier molecular flexibility index (Phi) is 5.60. The summed E-state index contributed by atoms with van der Waals surface area (Å²) in [5.41, 5.74) is 3.18. The molecular weight excluding hydrogens is 366 g/mol. The van der Waals surface area contributed by atoms with Crippen LogP contribution in [0.15, 0.2) is 30.5 Å². The summed E-state index contributed by atoms with van der Waals surface area (Å²) in [6, 6.07) is 8.00. The van der Waals surface area contributed by atoms with Gasteiger partial charge in [0.15, 0.2) is 11.5 Å². The largest absolute Gasteiger partial charge is 0.493 e. The maximum Gasteiger partial charge on any atom is 0.255 e. The Labute approximate surface area is 172 Å². The lowest BCUT2D eigenvalue weighted by atomic mass is 9.98. The highest BCUT2D eigenvalue weighted by atomic mass is 16.5. The molecule has 6 heteroatoms. The number of carbonyl (C=O) groups is 1. The Hall–Kier alpha value is -2.76. The summed E-state index contributed by atoms with van der Waals surface area (Å²) >= 11 is 0. The molecule has 0 aliphatic carbocycles. The van der Waals surface area contributed by atoms with Crippen LogP contribution in [0.4, 0.5) is 5.82 Å². The van der Waals surface area contributed by atoms with E-state index in [0.717, 1.165) is 56.3 Å². The first-order valence-electron chi connectivity index (χ1n) is 10.3. The molecule has 6 nitrogen and oxygen atoms in total. The third-order valence-electron chi connectivity index (χ3n) is 5.98. The van der Waals surface area contributed by atoms with Gasteiger partial charge in [-0.1, -0.05) is 6.92 Å². The Bertz CT molecular complexity index is 882. The van der Waals surface area contributed by atoms with Crippen molar-refractivity contribution in [3.05, 3.63) is 47.2 Å². The minimum atomic E-state index is 0.0939. The average molecular weight is 396 g/mol. The summed E-state index contributed by atoms with van der Waals surface area (Å²) in [5.74, 6) is 3.08. The number of fused-ring (bicyclic) bond motifs is 1. The van der Waals surface area contributed by atoms with E-state index in [4.69, 9.17) is 9.47 Å². The van der Waals surface area contributed by atoms with Crippen LogP contribution < -0.4 is 14.4 Å². The van der Waals surface area contributed by atoms with Crippen molar-refractivity contribution in [3.63, 3.8) is 0 Å². The van der Waals surface area contributed by atoms with E-state index < -0.39 is 0 Å². The zero-order valence-corrected chi connectivity index (χ0v) is 17.5. The van der Waals surface area contributed by atoms with Gasteiger partial charge in [0.1, 0.15) is 5.82 Å². The number of hydrogen-bond donors (Lipinski definition) is 0. The fourth-order valence-electron chi connectivity index (χ4n) is 4.33. The Morgan fingerprint density at radius 3 is 2.52 bits per heavy atom. The van der Waals surface area contributed by atoms with Crippen LogP contribution in [0.3, 0.4) is 0 Å². The van der Waals surface area contributed by atoms with E-state index in [0.29, 0.717) is 11.5 Å². The summed E-state index contributed by atoms with van der Waals surface area (Å²) in [7, 11) is 3.32. The van der Waals surface area contributed by atoms with Crippen LogP contribution in [0.1, 0.15) is 41.3 Å². The second kappa shape index (κ2) is 8.31. The van der Waals surface area contributed by atoms with Crippen molar-refractivity contribution in [1.82, 2.24) is 9.88 Å². The predicted molar refractivity (Wildman–Crippen MR) is 113 cm³/mol. The third-order valence-corrected chi connectivity index (χ3v) is 5.98. The maximum atomic E-state index is 12.8. The van der Waals surface area contributed by atoms with E-state index in [9.17, 15) is 4.79 Å². The molecule has 1 aromatic carbocycles. The molecule has 1 amide bonds. The molecule has 1 aromatic heterocycles. The minimum absolute atomic E-state index is 0.0939. The summed E-state index contributed by atoms with van der Waals surface area (Å²) < 4.78 is 10.9. The molecule has 0 saturated carbocycles. The van der Waals surface area contributed by atoms with Crippen molar-refractivity contribution in [2.45, 2.75) is 32.7 Å². The van der Waals surface area contributed by atoms with Crippen molar-refractivity contribution in [3.8, 4) is 11.5 Å². The first-order valence-corrected chi connectivity index (χ1v) is 10.3. The fourth-order valence-corrected chi connectivity index (χ4v) is 4.33. The Balaban J connectivity index is 1.48. The normalized spacial score (nSPS) is 18.9. The van der Waals surface area contributed by atoms with Gasteiger partial charge in [0.25, 0.3) is 5.91 Å². The number of piperidine rings is 1. The highest BCUT2D eigenvalue weighted by Gasteiger charge is 2.24. The third kappa shape index (κ3) is 4.02. The number of methoxy groups -OCH3 is 2. The lowest BCUT2D eigenvalue weighted by Gasteiger charge is -2.32. The number of anilines is 1. The van der Waals surface area contributed by atoms with E-state index in [-0.39, 0.29) is 5.91 Å². The molecule has 0 radical (unpaired) electrons. The van der Waals surface area contributed by atoms with E-state index in [1.165, 1.54) is 17.5 Å². The minimum Gasteiger partial charge on any atom is -0.493 e. The average Bonchev–Trinajstić information content (AvgIpc) is 2.77. The molecule has 154 valence electrons. The molecular formula is C23H29N3O3. The zero-order chi connectivity index (χ0) is 20.4. The molecule has 3 heterocycles. The van der Waals surface area contributed by atoms with Crippen molar-refractivity contribution in [1.29, 1.82) is 0 Å². The monoisotopic (exact) mass is 395 g/mol. The van der Waals surface area contributed by atoms with Crippen LogP contribution in [-0.4, -0.2) is 49.6 Å². The number of hydrogen-bond acceptors (Lipinski definition) is 5. The number of likely N-dealkylation sites (tertiary alicyclic amines) is 1. The molecule has 2 aliphatic heterocycles. The van der Waals surface area contributed by atoms with Gasteiger partial charge in [-0.2, -0.15) is 0 Å². The number of pyridine rings is 1. The number of benzene rings is 1. The number of nitrogens with zero attached hydrogens (tertiary/aromatic N) is 3. The second-order valence-electron chi connectivity index (χ2n) is 8.05. The molecule has 2 aliphatic rings. The van der Waals surface area contributed by atoms with Crippen LogP contribution in [0, 0.1) is 5.92 Å².